The molecule has 9 heteroatoms. The fourth-order valence-corrected chi connectivity index (χ4v) is 6.11. The molecule has 1 fully saturated rings. The van der Waals surface area contributed by atoms with E-state index in [-0.39, 0.29) is 25.4 Å². The number of rotatable bonds is 16. The molecule has 0 atom stereocenters. The number of likely N-dealkylation sites (N-methyl/N-ethyl adjacent to an activating group) is 1. The van der Waals surface area contributed by atoms with E-state index in [4.69, 9.17) is 18.9 Å². The van der Waals surface area contributed by atoms with Crippen LogP contribution in [-0.4, -0.2) is 94.9 Å². The Kier molecular flexibility index (Phi) is 11.5. The number of nitrogens with zero attached hydrogens (tertiary/aromatic N) is 3. The lowest BCUT2D eigenvalue weighted by atomic mass is 9.83. The Bertz CT molecular complexity index is 1460. The van der Waals surface area contributed by atoms with E-state index in [1.807, 2.05) is 30.3 Å². The highest BCUT2D eigenvalue weighted by Gasteiger charge is 2.30. The van der Waals surface area contributed by atoms with Crippen LogP contribution in [0.5, 0.6) is 11.5 Å². The normalized spacial score (nSPS) is 13.6. The lowest BCUT2D eigenvalue weighted by Crippen LogP contribution is -2.35. The Hall–Kier alpha value is -3.89. The van der Waals surface area contributed by atoms with Crippen molar-refractivity contribution in [2.75, 3.05) is 74.6 Å². The van der Waals surface area contributed by atoms with Crippen molar-refractivity contribution in [1.29, 1.82) is 0 Å². The molecule has 5 rings (SSSR count). The first kappa shape index (κ1) is 32.5. The molecule has 3 aromatic carbocycles. The minimum Gasteiger partial charge on any atom is -0.468 e. The summed E-state index contributed by atoms with van der Waals surface area (Å²) in [7, 11) is 7.33. The first-order valence-corrected chi connectivity index (χ1v) is 15.7. The number of methoxy groups -OCH3 is 2. The molecule has 0 aliphatic carbocycles. The van der Waals surface area contributed by atoms with Gasteiger partial charge in [-0.25, -0.2) is 0 Å². The standard InChI is InChI=1S/C36H46N4O5/c1-38(2)23-24-40-32-10-6-5-9-31(32)34(35(40)36(41)37-19-22-39-20-7-8-21-39)33(27-11-15-29(16-12-27)44-25-42-3)28-13-17-30(18-14-28)45-26-43-4/h5-6,9-18,33H,7-8,19-26H2,1-4H3,(H,37,41). The third-order valence-corrected chi connectivity index (χ3v) is 8.31. The van der Waals surface area contributed by atoms with Crippen LogP contribution < -0.4 is 14.8 Å². The van der Waals surface area contributed by atoms with E-state index in [2.05, 4.69) is 76.2 Å². The van der Waals surface area contributed by atoms with Gasteiger partial charge in [0, 0.05) is 62.8 Å². The molecule has 4 aromatic rings. The number of carbonyl (C=O) groups excluding carboxylic acids is 1. The van der Waals surface area contributed by atoms with Crippen molar-refractivity contribution >= 4 is 16.8 Å². The van der Waals surface area contributed by atoms with E-state index in [1.54, 1.807) is 14.2 Å². The molecule has 1 aliphatic heterocycles. The predicted molar refractivity (Wildman–Crippen MR) is 177 cm³/mol. The van der Waals surface area contributed by atoms with Crippen molar-refractivity contribution in [2.24, 2.45) is 0 Å². The molecule has 0 saturated carbocycles. The lowest BCUT2D eigenvalue weighted by Gasteiger charge is -2.22. The van der Waals surface area contributed by atoms with Crippen LogP contribution in [0.3, 0.4) is 0 Å². The molecular formula is C36H46N4O5. The van der Waals surface area contributed by atoms with Gasteiger partial charge in [0.05, 0.1) is 0 Å². The number of amides is 1. The number of hydrogen-bond acceptors (Lipinski definition) is 7. The van der Waals surface area contributed by atoms with E-state index in [0.717, 1.165) is 65.3 Å². The van der Waals surface area contributed by atoms with Crippen LogP contribution in [0, 0.1) is 0 Å². The van der Waals surface area contributed by atoms with Crippen LogP contribution in [-0.2, 0) is 16.0 Å². The Morgan fingerprint density at radius 1 is 0.822 bits per heavy atom. The Morgan fingerprint density at radius 3 is 1.96 bits per heavy atom. The van der Waals surface area contributed by atoms with Gasteiger partial charge in [0.2, 0.25) is 0 Å². The maximum absolute atomic E-state index is 14.4. The highest BCUT2D eigenvalue weighted by Crippen LogP contribution is 2.41. The number of aromatic nitrogens is 1. The molecule has 0 radical (unpaired) electrons. The van der Waals surface area contributed by atoms with Crippen LogP contribution >= 0.6 is 0 Å². The van der Waals surface area contributed by atoms with Gasteiger partial charge in [0.15, 0.2) is 13.6 Å². The lowest BCUT2D eigenvalue weighted by molar-refractivity contribution is 0.0509. The van der Waals surface area contributed by atoms with Gasteiger partial charge in [-0.2, -0.15) is 0 Å². The zero-order valence-corrected chi connectivity index (χ0v) is 27.0. The van der Waals surface area contributed by atoms with Crippen molar-refractivity contribution in [2.45, 2.75) is 25.3 Å². The van der Waals surface area contributed by atoms with E-state index >= 15 is 0 Å². The molecule has 1 aliphatic rings. The third kappa shape index (κ3) is 8.04. The largest absolute Gasteiger partial charge is 0.468 e. The highest BCUT2D eigenvalue weighted by molar-refractivity contribution is 6.03. The van der Waals surface area contributed by atoms with Gasteiger partial charge in [-0.15, -0.1) is 0 Å². The number of fused-ring (bicyclic) bond motifs is 1. The van der Waals surface area contributed by atoms with Crippen molar-refractivity contribution < 1.29 is 23.7 Å². The summed E-state index contributed by atoms with van der Waals surface area (Å²) in [5.74, 6) is 1.15. The molecule has 9 nitrogen and oxygen atoms in total. The summed E-state index contributed by atoms with van der Waals surface area (Å²) in [6, 6.07) is 24.5. The van der Waals surface area contributed by atoms with Crippen LogP contribution in [0.1, 0.15) is 45.9 Å². The first-order valence-electron chi connectivity index (χ1n) is 15.7. The number of para-hydroxylation sites is 1. The first-order chi connectivity index (χ1) is 22.0. The van der Waals surface area contributed by atoms with Crippen LogP contribution in [0.15, 0.2) is 72.8 Å². The molecule has 1 saturated heterocycles. The number of hydrogen-bond donors (Lipinski definition) is 1. The van der Waals surface area contributed by atoms with E-state index in [9.17, 15) is 4.79 Å². The number of nitrogens with one attached hydrogen (secondary N) is 1. The second-order valence-electron chi connectivity index (χ2n) is 11.7. The van der Waals surface area contributed by atoms with Gasteiger partial charge in [-0.1, -0.05) is 42.5 Å². The average molecular weight is 615 g/mol. The molecule has 2 heterocycles. The topological polar surface area (TPSA) is 77.4 Å². The molecule has 240 valence electrons. The summed E-state index contributed by atoms with van der Waals surface area (Å²) < 4.78 is 23.8. The summed E-state index contributed by atoms with van der Waals surface area (Å²) in [6.07, 6.45) is 2.45. The second-order valence-corrected chi connectivity index (χ2v) is 11.7. The third-order valence-electron chi connectivity index (χ3n) is 8.31. The maximum Gasteiger partial charge on any atom is 0.268 e. The fourth-order valence-electron chi connectivity index (χ4n) is 6.11. The van der Waals surface area contributed by atoms with E-state index < -0.39 is 0 Å². The molecule has 0 spiro atoms. The summed E-state index contributed by atoms with van der Waals surface area (Å²) in [5, 5.41) is 4.36. The van der Waals surface area contributed by atoms with Crippen molar-refractivity contribution in [3.8, 4) is 11.5 Å². The Balaban J connectivity index is 1.63. The van der Waals surface area contributed by atoms with Gasteiger partial charge in [0.1, 0.15) is 17.2 Å². The number of carbonyl (C=O) groups is 1. The quantitative estimate of drug-likeness (QED) is 0.175. The zero-order chi connectivity index (χ0) is 31.6. The smallest absolute Gasteiger partial charge is 0.268 e. The SMILES string of the molecule is COCOc1ccc(C(c2ccc(OCOC)cc2)c2c(C(=O)NCCN3CCCC3)n(CCN(C)C)c3ccccc23)cc1. The van der Waals surface area contributed by atoms with Crippen molar-refractivity contribution in [3.63, 3.8) is 0 Å². The minimum absolute atomic E-state index is 0.0516. The van der Waals surface area contributed by atoms with Crippen molar-refractivity contribution in [3.05, 3.63) is 95.2 Å². The summed E-state index contributed by atoms with van der Waals surface area (Å²) in [5.41, 5.74) is 4.83. The molecule has 0 unspecified atom stereocenters. The van der Waals surface area contributed by atoms with Crippen LogP contribution in [0.25, 0.3) is 10.9 Å². The number of benzene rings is 3. The van der Waals surface area contributed by atoms with E-state index in [1.165, 1.54) is 12.8 Å². The monoisotopic (exact) mass is 614 g/mol. The van der Waals surface area contributed by atoms with Crippen LogP contribution in [0.2, 0.25) is 0 Å². The van der Waals surface area contributed by atoms with E-state index in [0.29, 0.717) is 18.8 Å². The minimum atomic E-state index is -0.234. The Labute approximate surface area is 266 Å². The number of likely N-dealkylation sites (tertiary alicyclic amines) is 1. The van der Waals surface area contributed by atoms with Gasteiger partial charge >= 0.3 is 0 Å². The summed E-state index contributed by atoms with van der Waals surface area (Å²) >= 11 is 0. The Morgan fingerprint density at radius 2 is 1.40 bits per heavy atom. The molecule has 1 aromatic heterocycles. The summed E-state index contributed by atoms with van der Waals surface area (Å²) in [4.78, 5) is 18.9. The molecule has 0 bridgehead atoms. The number of ether oxygens (including phenoxy) is 4. The average Bonchev–Trinajstić information content (AvgIpc) is 3.69. The van der Waals surface area contributed by atoms with Crippen molar-refractivity contribution in [1.82, 2.24) is 19.7 Å². The highest BCUT2D eigenvalue weighted by atomic mass is 16.7. The molecule has 1 N–H and O–H groups in total. The molecule has 1 amide bonds. The molecular weight excluding hydrogens is 568 g/mol. The fraction of sp³-hybridized carbons (Fsp3) is 0.417. The van der Waals surface area contributed by atoms with Gasteiger partial charge in [0.25, 0.3) is 5.91 Å². The predicted octanol–water partition coefficient (Wildman–Crippen LogP) is 5.17. The second kappa shape index (κ2) is 15.9. The molecule has 45 heavy (non-hydrogen) atoms. The maximum atomic E-state index is 14.4. The van der Waals surface area contributed by atoms with Gasteiger partial charge < -0.3 is 38.6 Å². The summed E-state index contributed by atoms with van der Waals surface area (Å²) in [6.45, 7) is 5.49. The zero-order valence-electron chi connectivity index (χ0n) is 27.0. The van der Waals surface area contributed by atoms with Gasteiger partial charge in [-0.05, 0) is 81.5 Å². The van der Waals surface area contributed by atoms with Gasteiger partial charge in [-0.3, -0.25) is 4.79 Å². The van der Waals surface area contributed by atoms with Crippen LogP contribution in [0.4, 0.5) is 0 Å².